The summed E-state index contributed by atoms with van der Waals surface area (Å²) in [5, 5.41) is 6.22. The summed E-state index contributed by atoms with van der Waals surface area (Å²) in [6, 6.07) is 14.9. The first-order chi connectivity index (χ1) is 17.6. The summed E-state index contributed by atoms with van der Waals surface area (Å²) in [6.07, 6.45) is 4.92. The molecular formula is C27H27ClN6O2. The van der Waals surface area contributed by atoms with Crippen molar-refractivity contribution in [2.45, 2.75) is 25.2 Å². The van der Waals surface area contributed by atoms with Crippen LogP contribution < -0.4 is 9.64 Å². The first kappa shape index (κ1) is 22.8. The molecular weight excluding hydrogens is 476 g/mol. The van der Waals surface area contributed by atoms with E-state index < -0.39 is 0 Å². The number of carbonyl (C=O) groups excluding carboxylic acids is 1. The normalized spacial score (nSPS) is 16.3. The highest BCUT2D eigenvalue weighted by Crippen LogP contribution is 2.40. The SMILES string of the molecule is COc1ccc(C(=O)N2CCCN(c3nc(C4CC4)nc4c3cnn4-c3cccc(Cl)c3)CC2)cc1. The number of rotatable bonds is 5. The Hall–Kier alpha value is -3.65. The minimum Gasteiger partial charge on any atom is -0.497 e. The van der Waals surface area contributed by atoms with Gasteiger partial charge in [0.1, 0.15) is 17.4 Å². The number of aromatic nitrogens is 4. The van der Waals surface area contributed by atoms with Crippen molar-refractivity contribution in [1.29, 1.82) is 0 Å². The Bertz CT molecular complexity index is 1420. The van der Waals surface area contributed by atoms with Gasteiger partial charge in [-0.2, -0.15) is 5.10 Å². The van der Waals surface area contributed by atoms with Crippen molar-refractivity contribution in [2.75, 3.05) is 38.2 Å². The van der Waals surface area contributed by atoms with Gasteiger partial charge in [0.05, 0.1) is 24.4 Å². The van der Waals surface area contributed by atoms with Crippen molar-refractivity contribution < 1.29 is 9.53 Å². The van der Waals surface area contributed by atoms with E-state index in [1.165, 1.54) is 0 Å². The van der Waals surface area contributed by atoms with Gasteiger partial charge in [0, 0.05) is 42.7 Å². The second-order valence-electron chi connectivity index (χ2n) is 9.31. The topological polar surface area (TPSA) is 76.4 Å². The van der Waals surface area contributed by atoms with E-state index in [2.05, 4.69) is 10.00 Å². The number of nitrogens with zero attached hydrogens (tertiary/aromatic N) is 6. The van der Waals surface area contributed by atoms with Crippen LogP contribution in [0.25, 0.3) is 16.7 Å². The van der Waals surface area contributed by atoms with Gasteiger partial charge < -0.3 is 14.5 Å². The van der Waals surface area contributed by atoms with Crippen molar-refractivity contribution in [3.8, 4) is 11.4 Å². The van der Waals surface area contributed by atoms with Crippen LogP contribution in [0.15, 0.2) is 54.7 Å². The Morgan fingerprint density at radius 3 is 2.61 bits per heavy atom. The second-order valence-corrected chi connectivity index (χ2v) is 9.75. The predicted molar refractivity (Wildman–Crippen MR) is 139 cm³/mol. The fraction of sp³-hybridized carbons (Fsp3) is 0.333. The van der Waals surface area contributed by atoms with E-state index in [0.29, 0.717) is 36.1 Å². The maximum absolute atomic E-state index is 13.2. The lowest BCUT2D eigenvalue weighted by Gasteiger charge is -2.24. The van der Waals surface area contributed by atoms with Crippen LogP contribution >= 0.6 is 11.6 Å². The van der Waals surface area contributed by atoms with Gasteiger partial charge in [-0.15, -0.1) is 0 Å². The van der Waals surface area contributed by atoms with Crippen LogP contribution in [-0.4, -0.2) is 63.8 Å². The van der Waals surface area contributed by atoms with Crippen molar-refractivity contribution >= 4 is 34.4 Å². The standard InChI is InChI=1S/C27H27ClN6O2/c1-36-22-10-8-19(9-11-22)27(35)33-13-3-12-32(14-15-33)25-23-17-29-34(21-5-2-4-20(28)16-21)26(23)31-24(30-25)18-6-7-18/h2,4-5,8-11,16-18H,3,6-7,12-15H2,1H3. The number of carbonyl (C=O) groups is 1. The van der Waals surface area contributed by atoms with Gasteiger partial charge in [-0.3, -0.25) is 4.79 Å². The molecule has 2 aromatic carbocycles. The summed E-state index contributed by atoms with van der Waals surface area (Å²) in [7, 11) is 1.62. The van der Waals surface area contributed by atoms with Crippen LogP contribution in [0.3, 0.4) is 0 Å². The van der Waals surface area contributed by atoms with Crippen LogP contribution in [0.2, 0.25) is 5.02 Å². The fourth-order valence-corrected chi connectivity index (χ4v) is 4.90. The number of fused-ring (bicyclic) bond motifs is 1. The maximum atomic E-state index is 13.2. The molecule has 2 aromatic heterocycles. The van der Waals surface area contributed by atoms with Crippen LogP contribution in [0.4, 0.5) is 5.82 Å². The van der Waals surface area contributed by atoms with Gasteiger partial charge in [0.15, 0.2) is 5.65 Å². The Labute approximate surface area is 214 Å². The van der Waals surface area contributed by atoms with E-state index in [1.54, 1.807) is 7.11 Å². The summed E-state index contributed by atoms with van der Waals surface area (Å²) in [5.74, 6) is 2.95. The monoisotopic (exact) mass is 502 g/mol. The maximum Gasteiger partial charge on any atom is 0.253 e. The molecule has 1 saturated carbocycles. The lowest BCUT2D eigenvalue weighted by atomic mass is 10.2. The van der Waals surface area contributed by atoms with E-state index >= 15 is 0 Å². The van der Waals surface area contributed by atoms with Crippen molar-refractivity contribution in [3.05, 3.63) is 71.1 Å². The number of halogens is 1. The molecule has 0 spiro atoms. The van der Waals surface area contributed by atoms with E-state index in [-0.39, 0.29) is 5.91 Å². The predicted octanol–water partition coefficient (Wildman–Crippen LogP) is 4.71. The van der Waals surface area contributed by atoms with Gasteiger partial charge in [0.25, 0.3) is 5.91 Å². The molecule has 2 aliphatic rings. The van der Waals surface area contributed by atoms with Gasteiger partial charge >= 0.3 is 0 Å². The molecule has 0 unspecified atom stereocenters. The largest absolute Gasteiger partial charge is 0.497 e. The molecule has 0 N–H and O–H groups in total. The molecule has 1 amide bonds. The highest BCUT2D eigenvalue weighted by atomic mass is 35.5. The number of hydrogen-bond donors (Lipinski definition) is 0. The van der Waals surface area contributed by atoms with Gasteiger partial charge in [-0.05, 0) is 61.7 Å². The third-order valence-electron chi connectivity index (χ3n) is 6.84. The molecule has 9 heteroatoms. The summed E-state index contributed by atoms with van der Waals surface area (Å²) >= 11 is 6.25. The number of anilines is 1. The Balaban J connectivity index is 1.30. The zero-order valence-electron chi connectivity index (χ0n) is 20.1. The van der Waals surface area contributed by atoms with Crippen LogP contribution in [-0.2, 0) is 0 Å². The van der Waals surface area contributed by atoms with E-state index in [0.717, 1.165) is 59.9 Å². The van der Waals surface area contributed by atoms with E-state index in [1.807, 2.05) is 64.3 Å². The third-order valence-corrected chi connectivity index (χ3v) is 7.08. The number of benzene rings is 2. The van der Waals surface area contributed by atoms with Crippen LogP contribution in [0, 0.1) is 0 Å². The van der Waals surface area contributed by atoms with Gasteiger partial charge in [-0.25, -0.2) is 14.6 Å². The zero-order chi connectivity index (χ0) is 24.6. The van der Waals surface area contributed by atoms with Crippen LogP contribution in [0.5, 0.6) is 5.75 Å². The molecule has 1 aliphatic carbocycles. The molecule has 8 nitrogen and oxygen atoms in total. The molecule has 1 saturated heterocycles. The first-order valence-electron chi connectivity index (χ1n) is 12.3. The highest BCUT2D eigenvalue weighted by Gasteiger charge is 2.30. The Morgan fingerprint density at radius 1 is 1.03 bits per heavy atom. The van der Waals surface area contributed by atoms with Crippen LogP contribution in [0.1, 0.15) is 41.4 Å². The van der Waals surface area contributed by atoms with Crippen molar-refractivity contribution in [1.82, 2.24) is 24.6 Å². The summed E-state index contributed by atoms with van der Waals surface area (Å²) in [5.41, 5.74) is 2.34. The smallest absolute Gasteiger partial charge is 0.253 e. The summed E-state index contributed by atoms with van der Waals surface area (Å²) < 4.78 is 7.07. The molecule has 0 radical (unpaired) electrons. The Kier molecular flexibility index (Phi) is 5.97. The summed E-state index contributed by atoms with van der Waals surface area (Å²) in [6.45, 7) is 2.83. The number of hydrogen-bond acceptors (Lipinski definition) is 6. The second kappa shape index (κ2) is 9.43. The van der Waals surface area contributed by atoms with Crippen molar-refractivity contribution in [3.63, 3.8) is 0 Å². The molecule has 4 aromatic rings. The van der Waals surface area contributed by atoms with Gasteiger partial charge in [-0.1, -0.05) is 17.7 Å². The highest BCUT2D eigenvalue weighted by molar-refractivity contribution is 6.30. The minimum atomic E-state index is 0.0415. The molecule has 0 bridgehead atoms. The average Bonchev–Trinajstić information content (AvgIpc) is 3.71. The quantitative estimate of drug-likeness (QED) is 0.393. The lowest BCUT2D eigenvalue weighted by Crippen LogP contribution is -2.35. The Morgan fingerprint density at radius 2 is 1.86 bits per heavy atom. The minimum absolute atomic E-state index is 0.0415. The van der Waals surface area contributed by atoms with Gasteiger partial charge in [0.2, 0.25) is 0 Å². The van der Waals surface area contributed by atoms with E-state index in [4.69, 9.17) is 26.3 Å². The third kappa shape index (κ3) is 4.37. The molecule has 1 aliphatic heterocycles. The summed E-state index contributed by atoms with van der Waals surface area (Å²) in [4.78, 5) is 27.3. The number of methoxy groups -OCH3 is 1. The van der Waals surface area contributed by atoms with Crippen molar-refractivity contribution in [2.24, 2.45) is 0 Å². The number of amides is 1. The average molecular weight is 503 g/mol. The molecule has 3 heterocycles. The van der Waals surface area contributed by atoms with E-state index in [9.17, 15) is 4.79 Å². The lowest BCUT2D eigenvalue weighted by molar-refractivity contribution is 0.0767. The number of ether oxygens (including phenoxy) is 1. The molecule has 2 fully saturated rings. The molecule has 6 rings (SSSR count). The molecule has 184 valence electrons. The fourth-order valence-electron chi connectivity index (χ4n) is 4.72. The molecule has 36 heavy (non-hydrogen) atoms. The first-order valence-corrected chi connectivity index (χ1v) is 12.7. The molecule has 0 atom stereocenters. The zero-order valence-corrected chi connectivity index (χ0v) is 20.9.